The maximum atomic E-state index is 13.1. The summed E-state index contributed by atoms with van der Waals surface area (Å²) in [5.41, 5.74) is 2.07. The SMILES string of the molecule is Fc1cccc(CCNCc2ccc(Oc3ccccc3)nc2)c1. The molecule has 0 aliphatic rings. The molecule has 0 saturated heterocycles. The van der Waals surface area contributed by atoms with Crippen LogP contribution in [0, 0.1) is 5.82 Å². The van der Waals surface area contributed by atoms with Crippen molar-refractivity contribution in [2.45, 2.75) is 13.0 Å². The number of aromatic nitrogens is 1. The Morgan fingerprint density at radius 2 is 1.79 bits per heavy atom. The van der Waals surface area contributed by atoms with Crippen LogP contribution in [0.4, 0.5) is 4.39 Å². The minimum atomic E-state index is -0.189. The third-order valence-corrected chi connectivity index (χ3v) is 3.57. The third kappa shape index (κ3) is 4.89. The molecule has 0 radical (unpaired) electrons. The monoisotopic (exact) mass is 322 g/mol. The molecule has 1 aromatic heterocycles. The van der Waals surface area contributed by atoms with Crippen molar-refractivity contribution in [1.29, 1.82) is 0 Å². The number of nitrogens with zero attached hydrogens (tertiary/aromatic N) is 1. The van der Waals surface area contributed by atoms with E-state index in [1.807, 2.05) is 48.5 Å². The Labute approximate surface area is 141 Å². The zero-order valence-corrected chi connectivity index (χ0v) is 13.3. The summed E-state index contributed by atoms with van der Waals surface area (Å²) in [5, 5.41) is 3.34. The Hall–Kier alpha value is -2.72. The largest absolute Gasteiger partial charge is 0.439 e. The van der Waals surface area contributed by atoms with Crippen LogP contribution in [0.1, 0.15) is 11.1 Å². The van der Waals surface area contributed by atoms with Gasteiger partial charge in [-0.3, -0.25) is 0 Å². The molecule has 0 saturated carbocycles. The van der Waals surface area contributed by atoms with Gasteiger partial charge in [0.25, 0.3) is 0 Å². The summed E-state index contributed by atoms with van der Waals surface area (Å²) in [4.78, 5) is 4.31. The highest BCUT2D eigenvalue weighted by molar-refractivity contribution is 5.27. The van der Waals surface area contributed by atoms with E-state index in [9.17, 15) is 4.39 Å². The lowest BCUT2D eigenvalue weighted by molar-refractivity contribution is 0.462. The van der Waals surface area contributed by atoms with Crippen LogP contribution in [-0.4, -0.2) is 11.5 Å². The van der Waals surface area contributed by atoms with Gasteiger partial charge < -0.3 is 10.1 Å². The van der Waals surface area contributed by atoms with Gasteiger partial charge in [-0.1, -0.05) is 36.4 Å². The van der Waals surface area contributed by atoms with Crippen molar-refractivity contribution in [3.8, 4) is 11.6 Å². The first-order chi connectivity index (χ1) is 11.8. The minimum Gasteiger partial charge on any atom is -0.439 e. The lowest BCUT2D eigenvalue weighted by atomic mass is 10.1. The first-order valence-electron chi connectivity index (χ1n) is 7.92. The summed E-state index contributed by atoms with van der Waals surface area (Å²) in [6.45, 7) is 1.50. The predicted octanol–water partition coefficient (Wildman–Crippen LogP) is 4.35. The van der Waals surface area contributed by atoms with Crippen LogP contribution in [-0.2, 0) is 13.0 Å². The van der Waals surface area contributed by atoms with Gasteiger partial charge in [0.05, 0.1) is 0 Å². The fraction of sp³-hybridized carbons (Fsp3) is 0.150. The summed E-state index contributed by atoms with van der Waals surface area (Å²) in [6, 6.07) is 20.1. The van der Waals surface area contributed by atoms with Crippen LogP contribution in [0.15, 0.2) is 72.9 Å². The van der Waals surface area contributed by atoms with Crippen molar-refractivity contribution in [3.63, 3.8) is 0 Å². The summed E-state index contributed by atoms with van der Waals surface area (Å²) < 4.78 is 18.8. The summed E-state index contributed by atoms with van der Waals surface area (Å²) in [7, 11) is 0. The van der Waals surface area contributed by atoms with Gasteiger partial charge >= 0.3 is 0 Å². The van der Waals surface area contributed by atoms with Gasteiger partial charge in [-0.15, -0.1) is 0 Å². The van der Waals surface area contributed by atoms with Crippen LogP contribution in [0.25, 0.3) is 0 Å². The van der Waals surface area contributed by atoms with Crippen LogP contribution in [0.5, 0.6) is 11.6 Å². The molecule has 1 heterocycles. The molecular weight excluding hydrogens is 303 g/mol. The van der Waals surface area contributed by atoms with Crippen LogP contribution in [0.2, 0.25) is 0 Å². The van der Waals surface area contributed by atoms with E-state index in [4.69, 9.17) is 4.74 Å². The molecular formula is C20H19FN2O. The highest BCUT2D eigenvalue weighted by atomic mass is 19.1. The van der Waals surface area contributed by atoms with Crippen molar-refractivity contribution in [2.75, 3.05) is 6.54 Å². The highest BCUT2D eigenvalue weighted by Crippen LogP contribution is 2.18. The van der Waals surface area contributed by atoms with Crippen LogP contribution >= 0.6 is 0 Å². The number of nitrogens with one attached hydrogen (secondary N) is 1. The number of hydrogen-bond donors (Lipinski definition) is 1. The maximum Gasteiger partial charge on any atom is 0.219 e. The number of halogens is 1. The molecule has 0 bridgehead atoms. The van der Waals surface area contributed by atoms with Gasteiger partial charge in [-0.25, -0.2) is 9.37 Å². The number of pyridine rings is 1. The first-order valence-corrected chi connectivity index (χ1v) is 7.92. The Bertz CT molecular complexity index is 760. The van der Waals surface area contributed by atoms with Crippen LogP contribution in [0.3, 0.4) is 0 Å². The van der Waals surface area contributed by atoms with Crippen molar-refractivity contribution in [1.82, 2.24) is 10.3 Å². The number of rotatable bonds is 7. The summed E-state index contributed by atoms with van der Waals surface area (Å²) >= 11 is 0. The van der Waals surface area contributed by atoms with E-state index in [2.05, 4.69) is 10.3 Å². The average Bonchev–Trinajstić information content (AvgIpc) is 2.61. The molecule has 0 unspecified atom stereocenters. The van der Waals surface area contributed by atoms with E-state index in [0.29, 0.717) is 12.4 Å². The van der Waals surface area contributed by atoms with Crippen molar-refractivity contribution >= 4 is 0 Å². The van der Waals surface area contributed by atoms with Gasteiger partial charge in [0.15, 0.2) is 0 Å². The second-order valence-electron chi connectivity index (χ2n) is 5.48. The molecule has 0 fully saturated rings. The van der Waals surface area contributed by atoms with Crippen molar-refractivity contribution in [2.24, 2.45) is 0 Å². The number of hydrogen-bond acceptors (Lipinski definition) is 3. The van der Waals surface area contributed by atoms with E-state index in [0.717, 1.165) is 29.8 Å². The topological polar surface area (TPSA) is 34.1 Å². The Morgan fingerprint density at radius 3 is 2.54 bits per heavy atom. The van der Waals surface area contributed by atoms with Gasteiger partial charge in [-0.05, 0) is 48.4 Å². The molecule has 3 rings (SSSR count). The molecule has 122 valence electrons. The molecule has 0 aliphatic carbocycles. The summed E-state index contributed by atoms with van der Waals surface area (Å²) in [6.07, 6.45) is 2.59. The second kappa shape index (κ2) is 8.22. The molecule has 0 spiro atoms. The maximum absolute atomic E-state index is 13.1. The first kappa shape index (κ1) is 16.1. The Kier molecular flexibility index (Phi) is 5.53. The van der Waals surface area contributed by atoms with Gasteiger partial charge in [-0.2, -0.15) is 0 Å². The van der Waals surface area contributed by atoms with Gasteiger partial charge in [0.2, 0.25) is 5.88 Å². The van der Waals surface area contributed by atoms with Crippen molar-refractivity contribution < 1.29 is 9.13 Å². The Balaban J connectivity index is 1.44. The van der Waals surface area contributed by atoms with E-state index in [1.165, 1.54) is 6.07 Å². The predicted molar refractivity (Wildman–Crippen MR) is 92.6 cm³/mol. The second-order valence-corrected chi connectivity index (χ2v) is 5.48. The minimum absolute atomic E-state index is 0.189. The van der Waals surface area contributed by atoms with Gasteiger partial charge in [0.1, 0.15) is 11.6 Å². The molecule has 3 aromatic rings. The average molecular weight is 322 g/mol. The Morgan fingerprint density at radius 1 is 0.917 bits per heavy atom. The van der Waals surface area contributed by atoms with Gasteiger partial charge in [0, 0.05) is 18.8 Å². The molecule has 0 amide bonds. The number of para-hydroxylation sites is 1. The lowest BCUT2D eigenvalue weighted by Crippen LogP contribution is -2.16. The normalized spacial score (nSPS) is 10.5. The molecule has 3 nitrogen and oxygen atoms in total. The van der Waals surface area contributed by atoms with Crippen molar-refractivity contribution in [3.05, 3.63) is 89.9 Å². The molecule has 4 heteroatoms. The van der Waals surface area contributed by atoms with E-state index in [-0.39, 0.29) is 5.82 Å². The van der Waals surface area contributed by atoms with E-state index >= 15 is 0 Å². The lowest BCUT2D eigenvalue weighted by Gasteiger charge is -2.07. The van der Waals surface area contributed by atoms with E-state index in [1.54, 1.807) is 18.3 Å². The molecule has 24 heavy (non-hydrogen) atoms. The zero-order chi connectivity index (χ0) is 16.6. The fourth-order valence-electron chi connectivity index (χ4n) is 2.34. The van der Waals surface area contributed by atoms with E-state index < -0.39 is 0 Å². The number of ether oxygens (including phenoxy) is 1. The standard InChI is InChI=1S/C20H19FN2O/c21-18-6-4-5-16(13-18)11-12-22-14-17-9-10-20(23-15-17)24-19-7-2-1-3-8-19/h1-10,13,15,22H,11-12,14H2. The number of benzene rings is 2. The summed E-state index contributed by atoms with van der Waals surface area (Å²) in [5.74, 6) is 1.15. The molecule has 0 aliphatic heterocycles. The molecule has 0 atom stereocenters. The molecule has 1 N–H and O–H groups in total. The third-order valence-electron chi connectivity index (χ3n) is 3.57. The highest BCUT2D eigenvalue weighted by Gasteiger charge is 2.00. The fourth-order valence-corrected chi connectivity index (χ4v) is 2.34. The molecule has 2 aromatic carbocycles. The smallest absolute Gasteiger partial charge is 0.219 e. The zero-order valence-electron chi connectivity index (χ0n) is 13.3. The van der Waals surface area contributed by atoms with Crippen LogP contribution < -0.4 is 10.1 Å². The quantitative estimate of drug-likeness (QED) is 0.657.